The summed E-state index contributed by atoms with van der Waals surface area (Å²) in [5, 5.41) is 17.8. The van der Waals surface area contributed by atoms with E-state index < -0.39 is 11.9 Å². The molecule has 88 valence electrons. The number of hydrogen-bond acceptors (Lipinski definition) is 5. The van der Waals surface area contributed by atoms with E-state index in [9.17, 15) is 9.59 Å². The number of amides is 2. The Morgan fingerprint density at radius 3 is 2.94 bits per heavy atom. The third kappa shape index (κ3) is 4.22. The molecule has 0 saturated heterocycles. The van der Waals surface area contributed by atoms with Gasteiger partial charge in [0, 0.05) is 18.1 Å². The maximum absolute atomic E-state index is 11.2. The molecule has 16 heavy (non-hydrogen) atoms. The summed E-state index contributed by atoms with van der Waals surface area (Å²) < 4.78 is 3.58. The zero-order chi connectivity index (χ0) is 12.0. The largest absolute Gasteiger partial charge is 0.481 e. The third-order valence-electron chi connectivity index (χ3n) is 1.88. The molecule has 1 rings (SSSR count). The molecule has 0 saturated carbocycles. The molecule has 1 unspecified atom stereocenters. The fraction of sp³-hybridized carbons (Fsp3) is 0.500. The standard InChI is InChI=1S/C8H12N4O3S/c1-5(7(13)14)2-3-9-8(15)11-6-4-10-12-16-6/h4-5H,2-3H2,1H3,(H,13,14)(H2,9,11,15). The summed E-state index contributed by atoms with van der Waals surface area (Å²) in [5.74, 6) is -1.33. The van der Waals surface area contributed by atoms with Crippen molar-refractivity contribution in [3.05, 3.63) is 6.20 Å². The highest BCUT2D eigenvalue weighted by Gasteiger charge is 2.10. The van der Waals surface area contributed by atoms with Crippen molar-refractivity contribution in [3.63, 3.8) is 0 Å². The fourth-order valence-corrected chi connectivity index (χ4v) is 1.32. The Hall–Kier alpha value is -1.70. The molecule has 8 heteroatoms. The van der Waals surface area contributed by atoms with Crippen molar-refractivity contribution in [3.8, 4) is 0 Å². The molecule has 0 spiro atoms. The van der Waals surface area contributed by atoms with Crippen LogP contribution in [-0.2, 0) is 4.79 Å². The lowest BCUT2D eigenvalue weighted by molar-refractivity contribution is -0.141. The number of carboxylic acid groups (broad SMARTS) is 1. The van der Waals surface area contributed by atoms with E-state index >= 15 is 0 Å². The second kappa shape index (κ2) is 6.01. The van der Waals surface area contributed by atoms with E-state index in [1.54, 1.807) is 6.92 Å². The predicted molar refractivity (Wildman–Crippen MR) is 58.3 cm³/mol. The number of carbonyl (C=O) groups excluding carboxylic acids is 1. The monoisotopic (exact) mass is 244 g/mol. The predicted octanol–water partition coefficient (Wildman–Crippen LogP) is 0.770. The van der Waals surface area contributed by atoms with Gasteiger partial charge >= 0.3 is 12.0 Å². The number of nitrogens with zero attached hydrogens (tertiary/aromatic N) is 2. The van der Waals surface area contributed by atoms with E-state index in [4.69, 9.17) is 5.11 Å². The first kappa shape index (κ1) is 12.4. The summed E-state index contributed by atoms with van der Waals surface area (Å²) in [6.45, 7) is 1.90. The number of aliphatic carboxylic acids is 1. The third-order valence-corrected chi connectivity index (χ3v) is 2.46. The first-order valence-corrected chi connectivity index (χ1v) is 5.42. The summed E-state index contributed by atoms with van der Waals surface area (Å²) in [4.78, 5) is 21.7. The molecular weight excluding hydrogens is 232 g/mol. The van der Waals surface area contributed by atoms with Gasteiger partial charge in [0.15, 0.2) is 0 Å². The van der Waals surface area contributed by atoms with Gasteiger partial charge in [-0.2, -0.15) is 0 Å². The van der Waals surface area contributed by atoms with Gasteiger partial charge in [0.05, 0.1) is 12.1 Å². The molecule has 1 atom stereocenters. The quantitative estimate of drug-likeness (QED) is 0.709. The number of rotatable bonds is 5. The molecule has 1 heterocycles. The zero-order valence-electron chi connectivity index (χ0n) is 8.64. The van der Waals surface area contributed by atoms with Crippen molar-refractivity contribution >= 4 is 28.5 Å². The van der Waals surface area contributed by atoms with Crippen LogP contribution in [0.4, 0.5) is 9.80 Å². The lowest BCUT2D eigenvalue weighted by atomic mass is 10.1. The van der Waals surface area contributed by atoms with E-state index in [0.29, 0.717) is 18.0 Å². The van der Waals surface area contributed by atoms with Crippen molar-refractivity contribution < 1.29 is 14.7 Å². The maximum atomic E-state index is 11.2. The van der Waals surface area contributed by atoms with Gasteiger partial charge in [-0.25, -0.2) is 4.79 Å². The van der Waals surface area contributed by atoms with Crippen molar-refractivity contribution in [1.29, 1.82) is 0 Å². The van der Waals surface area contributed by atoms with E-state index in [2.05, 4.69) is 20.2 Å². The molecule has 0 aliphatic heterocycles. The number of aromatic nitrogens is 2. The SMILES string of the molecule is CC(CCNC(=O)Nc1cnns1)C(=O)O. The molecule has 0 aliphatic rings. The number of nitrogens with one attached hydrogen (secondary N) is 2. The summed E-state index contributed by atoms with van der Waals surface area (Å²) >= 11 is 1.07. The first-order chi connectivity index (χ1) is 7.59. The Balaban J connectivity index is 2.18. The highest BCUT2D eigenvalue weighted by molar-refractivity contribution is 7.10. The molecule has 0 aliphatic carbocycles. The van der Waals surface area contributed by atoms with Crippen LogP contribution >= 0.6 is 11.5 Å². The Morgan fingerprint density at radius 2 is 2.38 bits per heavy atom. The number of urea groups is 1. The van der Waals surface area contributed by atoms with Gasteiger partial charge in [-0.15, -0.1) is 5.10 Å². The van der Waals surface area contributed by atoms with Crippen LogP contribution in [0.1, 0.15) is 13.3 Å². The van der Waals surface area contributed by atoms with Crippen LogP contribution in [0.25, 0.3) is 0 Å². The molecule has 0 bridgehead atoms. The lowest BCUT2D eigenvalue weighted by Gasteiger charge is -2.07. The van der Waals surface area contributed by atoms with Gasteiger partial charge in [0.2, 0.25) is 0 Å². The molecule has 0 radical (unpaired) electrons. The van der Waals surface area contributed by atoms with Crippen LogP contribution in [0.2, 0.25) is 0 Å². The molecule has 7 nitrogen and oxygen atoms in total. The molecule has 0 fully saturated rings. The van der Waals surface area contributed by atoms with Crippen molar-refractivity contribution in [2.45, 2.75) is 13.3 Å². The van der Waals surface area contributed by atoms with Crippen LogP contribution < -0.4 is 10.6 Å². The number of carbonyl (C=O) groups is 2. The summed E-state index contributed by atoms with van der Waals surface area (Å²) in [5.41, 5.74) is 0. The van der Waals surface area contributed by atoms with E-state index in [1.807, 2.05) is 0 Å². The highest BCUT2D eigenvalue weighted by Crippen LogP contribution is 2.08. The Morgan fingerprint density at radius 1 is 1.62 bits per heavy atom. The van der Waals surface area contributed by atoms with Crippen LogP contribution in [0, 0.1) is 5.92 Å². The minimum absolute atomic E-state index is 0.311. The van der Waals surface area contributed by atoms with Crippen molar-refractivity contribution in [2.75, 3.05) is 11.9 Å². The van der Waals surface area contributed by atoms with Gasteiger partial charge in [0.25, 0.3) is 0 Å². The van der Waals surface area contributed by atoms with Crippen LogP contribution in [0.3, 0.4) is 0 Å². The number of hydrogen-bond donors (Lipinski definition) is 3. The summed E-state index contributed by atoms with van der Waals surface area (Å²) in [6, 6.07) is -0.386. The van der Waals surface area contributed by atoms with Gasteiger partial charge in [-0.1, -0.05) is 11.4 Å². The van der Waals surface area contributed by atoms with Crippen LogP contribution in [0.5, 0.6) is 0 Å². The highest BCUT2D eigenvalue weighted by atomic mass is 32.1. The smallest absolute Gasteiger partial charge is 0.319 e. The van der Waals surface area contributed by atoms with Crippen LogP contribution in [0.15, 0.2) is 6.20 Å². The van der Waals surface area contributed by atoms with Crippen molar-refractivity contribution in [2.24, 2.45) is 5.92 Å². The van der Waals surface area contributed by atoms with Gasteiger partial charge in [-0.3, -0.25) is 10.1 Å². The maximum Gasteiger partial charge on any atom is 0.319 e. The minimum atomic E-state index is -0.867. The second-order valence-electron chi connectivity index (χ2n) is 3.19. The van der Waals surface area contributed by atoms with Gasteiger partial charge in [0.1, 0.15) is 5.00 Å². The van der Waals surface area contributed by atoms with Gasteiger partial charge in [-0.05, 0) is 6.42 Å². The van der Waals surface area contributed by atoms with E-state index in [0.717, 1.165) is 11.5 Å². The molecule has 2 amide bonds. The van der Waals surface area contributed by atoms with E-state index in [1.165, 1.54) is 6.20 Å². The van der Waals surface area contributed by atoms with Crippen LogP contribution in [-0.4, -0.2) is 33.2 Å². The molecule has 3 N–H and O–H groups in total. The Kier molecular flexibility index (Phi) is 4.65. The lowest BCUT2D eigenvalue weighted by Crippen LogP contribution is -2.30. The minimum Gasteiger partial charge on any atom is -0.481 e. The fourth-order valence-electron chi connectivity index (χ4n) is 0.904. The molecule has 1 aromatic rings. The average Bonchev–Trinajstić information content (AvgIpc) is 2.70. The Bertz CT molecular complexity index is 354. The second-order valence-corrected chi connectivity index (χ2v) is 3.98. The normalized spacial score (nSPS) is 11.8. The Labute approximate surface area is 96.0 Å². The van der Waals surface area contributed by atoms with E-state index in [-0.39, 0.29) is 6.03 Å². The van der Waals surface area contributed by atoms with Gasteiger partial charge < -0.3 is 10.4 Å². The summed E-state index contributed by atoms with van der Waals surface area (Å²) in [6.07, 6.45) is 1.83. The molecule has 1 aromatic heterocycles. The summed E-state index contributed by atoms with van der Waals surface area (Å²) in [7, 11) is 0. The molecular formula is C8H12N4O3S. The van der Waals surface area contributed by atoms with Crippen molar-refractivity contribution in [1.82, 2.24) is 14.9 Å². The first-order valence-electron chi connectivity index (χ1n) is 4.64. The average molecular weight is 244 g/mol. The number of carboxylic acids is 1. The number of anilines is 1. The zero-order valence-corrected chi connectivity index (χ0v) is 9.45. The molecule has 0 aromatic carbocycles. The topological polar surface area (TPSA) is 104 Å².